The van der Waals surface area contributed by atoms with Crippen LogP contribution in [-0.4, -0.2) is 36.4 Å². The molecule has 0 radical (unpaired) electrons. The summed E-state index contributed by atoms with van der Waals surface area (Å²) < 4.78 is 5.80. The lowest BCUT2D eigenvalue weighted by Crippen LogP contribution is -2.44. The van der Waals surface area contributed by atoms with Crippen molar-refractivity contribution in [2.24, 2.45) is 5.92 Å². The van der Waals surface area contributed by atoms with Gasteiger partial charge >= 0.3 is 0 Å². The molecule has 1 rings (SSSR count). The van der Waals surface area contributed by atoms with E-state index in [2.05, 4.69) is 19.2 Å². The first-order valence-electron chi connectivity index (χ1n) is 7.54. The van der Waals surface area contributed by atoms with Gasteiger partial charge in [0, 0.05) is 26.1 Å². The number of benzene rings is 1. The third-order valence-corrected chi connectivity index (χ3v) is 3.12. The predicted molar refractivity (Wildman–Crippen MR) is 86.5 cm³/mol. The fourth-order valence-corrected chi connectivity index (χ4v) is 2.06. The van der Waals surface area contributed by atoms with Gasteiger partial charge < -0.3 is 15.0 Å². The first kappa shape index (κ1) is 18.0. The molecule has 5 heteroatoms. The molecule has 22 heavy (non-hydrogen) atoms. The van der Waals surface area contributed by atoms with Crippen molar-refractivity contribution in [3.63, 3.8) is 0 Å². The molecule has 0 aromatic heterocycles. The molecule has 0 saturated heterocycles. The molecule has 0 aliphatic heterocycles. The molecule has 0 spiro atoms. The van der Waals surface area contributed by atoms with E-state index in [1.807, 2.05) is 24.3 Å². The summed E-state index contributed by atoms with van der Waals surface area (Å²) >= 11 is 0. The molecule has 0 aliphatic rings. The first-order chi connectivity index (χ1) is 10.3. The Morgan fingerprint density at radius 2 is 1.86 bits per heavy atom. The van der Waals surface area contributed by atoms with Gasteiger partial charge in [-0.3, -0.25) is 9.59 Å². The van der Waals surface area contributed by atoms with Crippen LogP contribution in [0, 0.1) is 5.92 Å². The number of hydrogen-bond acceptors (Lipinski definition) is 3. The Balaban J connectivity index is 2.73. The lowest BCUT2D eigenvalue weighted by molar-refractivity contribution is -0.134. The third kappa shape index (κ3) is 5.76. The number of carbonyl (C=O) groups excluding carboxylic acids is 2. The highest BCUT2D eigenvalue weighted by Crippen LogP contribution is 2.20. The van der Waals surface area contributed by atoms with Gasteiger partial charge in [-0.2, -0.15) is 0 Å². The Hall–Kier alpha value is -2.04. The average Bonchev–Trinajstić information content (AvgIpc) is 2.44. The quantitative estimate of drug-likeness (QED) is 0.840. The van der Waals surface area contributed by atoms with E-state index in [4.69, 9.17) is 4.74 Å². The Labute approximate surface area is 132 Å². The van der Waals surface area contributed by atoms with Crippen molar-refractivity contribution in [2.45, 2.75) is 40.3 Å². The van der Waals surface area contributed by atoms with Gasteiger partial charge in [-0.15, -0.1) is 0 Å². The van der Waals surface area contributed by atoms with E-state index in [1.54, 1.807) is 18.9 Å². The largest absolute Gasteiger partial charge is 0.493 e. The van der Waals surface area contributed by atoms with Gasteiger partial charge in [0.25, 0.3) is 0 Å². The van der Waals surface area contributed by atoms with Gasteiger partial charge in [-0.1, -0.05) is 32.0 Å². The molecule has 0 fully saturated rings. The predicted octanol–water partition coefficient (Wildman–Crippen LogP) is 2.20. The van der Waals surface area contributed by atoms with Crippen molar-refractivity contribution < 1.29 is 14.3 Å². The van der Waals surface area contributed by atoms with Gasteiger partial charge in [0.15, 0.2) is 0 Å². The van der Waals surface area contributed by atoms with E-state index in [1.165, 1.54) is 6.92 Å². The molecule has 1 atom stereocenters. The fraction of sp³-hybridized carbons (Fsp3) is 0.529. The number of carbonyl (C=O) groups is 2. The smallest absolute Gasteiger partial charge is 0.244 e. The average molecular weight is 306 g/mol. The standard InChI is InChI=1S/C17H26N2O3/c1-12(2)11-22-16-9-7-6-8-15(16)10-19(5)17(21)13(3)18-14(4)20/h6-9,12-13H,10-11H2,1-5H3,(H,18,20)/t13-/m0/s1. The van der Waals surface area contributed by atoms with Gasteiger partial charge in [0.05, 0.1) is 6.61 Å². The molecular weight excluding hydrogens is 280 g/mol. The van der Waals surface area contributed by atoms with Gasteiger partial charge in [0.1, 0.15) is 11.8 Å². The third-order valence-electron chi connectivity index (χ3n) is 3.12. The van der Waals surface area contributed by atoms with E-state index >= 15 is 0 Å². The molecule has 1 aromatic rings. The van der Waals surface area contributed by atoms with Gasteiger partial charge in [-0.05, 0) is 18.9 Å². The van der Waals surface area contributed by atoms with Crippen molar-refractivity contribution >= 4 is 11.8 Å². The molecule has 0 heterocycles. The van der Waals surface area contributed by atoms with Crippen LogP contribution in [0.1, 0.15) is 33.3 Å². The summed E-state index contributed by atoms with van der Waals surface area (Å²) in [7, 11) is 1.72. The van der Waals surface area contributed by atoms with Crippen LogP contribution in [0.2, 0.25) is 0 Å². The number of likely N-dealkylation sites (N-methyl/N-ethyl adjacent to an activating group) is 1. The molecule has 5 nitrogen and oxygen atoms in total. The molecule has 2 amide bonds. The van der Waals surface area contributed by atoms with Crippen LogP contribution in [0.5, 0.6) is 5.75 Å². The second kappa shape index (κ2) is 8.41. The molecule has 0 unspecified atom stereocenters. The van der Waals surface area contributed by atoms with Gasteiger partial charge in [-0.25, -0.2) is 0 Å². The number of para-hydroxylation sites is 1. The van der Waals surface area contributed by atoms with Crippen molar-refractivity contribution in [3.8, 4) is 5.75 Å². The lowest BCUT2D eigenvalue weighted by atomic mass is 10.1. The zero-order valence-corrected chi connectivity index (χ0v) is 14.1. The van der Waals surface area contributed by atoms with Crippen molar-refractivity contribution in [2.75, 3.05) is 13.7 Å². The number of amides is 2. The second-order valence-electron chi connectivity index (χ2n) is 5.93. The highest BCUT2D eigenvalue weighted by atomic mass is 16.5. The highest BCUT2D eigenvalue weighted by Gasteiger charge is 2.19. The number of ether oxygens (including phenoxy) is 1. The lowest BCUT2D eigenvalue weighted by Gasteiger charge is -2.23. The van der Waals surface area contributed by atoms with E-state index < -0.39 is 6.04 Å². The summed E-state index contributed by atoms with van der Waals surface area (Å²) in [5.74, 6) is 0.888. The second-order valence-corrected chi connectivity index (χ2v) is 5.93. The molecule has 122 valence electrons. The molecule has 1 aromatic carbocycles. The molecule has 0 aliphatic carbocycles. The fourth-order valence-electron chi connectivity index (χ4n) is 2.06. The highest BCUT2D eigenvalue weighted by molar-refractivity contribution is 5.86. The Kier molecular flexibility index (Phi) is 6.89. The van der Waals surface area contributed by atoms with Crippen molar-refractivity contribution in [3.05, 3.63) is 29.8 Å². The Bertz CT molecular complexity index is 514. The van der Waals surface area contributed by atoms with Crippen LogP contribution in [0.3, 0.4) is 0 Å². The SMILES string of the molecule is CC(=O)N[C@@H](C)C(=O)N(C)Cc1ccccc1OCC(C)C. The summed E-state index contributed by atoms with van der Waals surface area (Å²) in [6.45, 7) is 8.34. The maximum absolute atomic E-state index is 12.2. The van der Waals surface area contributed by atoms with Crippen LogP contribution in [0.25, 0.3) is 0 Å². The monoisotopic (exact) mass is 306 g/mol. The number of rotatable bonds is 7. The van der Waals surface area contributed by atoms with Crippen LogP contribution >= 0.6 is 0 Å². The van der Waals surface area contributed by atoms with Crippen LogP contribution in [-0.2, 0) is 16.1 Å². The molecule has 0 bridgehead atoms. The topological polar surface area (TPSA) is 58.6 Å². The van der Waals surface area contributed by atoms with Crippen LogP contribution in [0.4, 0.5) is 0 Å². The van der Waals surface area contributed by atoms with E-state index in [9.17, 15) is 9.59 Å². The molecule has 0 saturated carbocycles. The van der Waals surface area contributed by atoms with Crippen LogP contribution < -0.4 is 10.1 Å². The number of hydrogen-bond donors (Lipinski definition) is 1. The van der Waals surface area contributed by atoms with E-state index in [0.717, 1.165) is 11.3 Å². The Morgan fingerprint density at radius 3 is 2.45 bits per heavy atom. The van der Waals surface area contributed by atoms with E-state index in [0.29, 0.717) is 19.1 Å². The van der Waals surface area contributed by atoms with E-state index in [-0.39, 0.29) is 11.8 Å². The molecule has 1 N–H and O–H groups in total. The maximum atomic E-state index is 12.2. The van der Waals surface area contributed by atoms with Crippen molar-refractivity contribution in [1.29, 1.82) is 0 Å². The van der Waals surface area contributed by atoms with Gasteiger partial charge in [0.2, 0.25) is 11.8 Å². The minimum atomic E-state index is -0.536. The minimum absolute atomic E-state index is 0.131. The number of nitrogens with zero attached hydrogens (tertiary/aromatic N) is 1. The summed E-state index contributed by atoms with van der Waals surface area (Å²) in [5, 5.41) is 2.60. The van der Waals surface area contributed by atoms with Crippen molar-refractivity contribution in [1.82, 2.24) is 10.2 Å². The maximum Gasteiger partial charge on any atom is 0.244 e. The zero-order chi connectivity index (χ0) is 16.7. The Morgan fingerprint density at radius 1 is 1.23 bits per heavy atom. The summed E-state index contributed by atoms with van der Waals surface area (Å²) in [4.78, 5) is 24.9. The summed E-state index contributed by atoms with van der Waals surface area (Å²) in [6, 6.07) is 7.16. The summed E-state index contributed by atoms with van der Waals surface area (Å²) in [6.07, 6.45) is 0. The molecular formula is C17H26N2O3. The minimum Gasteiger partial charge on any atom is -0.493 e. The summed E-state index contributed by atoms with van der Waals surface area (Å²) in [5.41, 5.74) is 0.953. The normalized spacial score (nSPS) is 11.9. The first-order valence-corrected chi connectivity index (χ1v) is 7.54. The van der Waals surface area contributed by atoms with Crippen LogP contribution in [0.15, 0.2) is 24.3 Å². The number of nitrogens with one attached hydrogen (secondary N) is 1. The zero-order valence-electron chi connectivity index (χ0n) is 14.1.